The Labute approximate surface area is 215 Å². The lowest BCUT2D eigenvalue weighted by molar-refractivity contribution is -0.122. The van der Waals surface area contributed by atoms with Crippen molar-refractivity contribution < 1.29 is 14.6 Å². The molecule has 37 heavy (non-hydrogen) atoms. The number of hydrogen-bond donors (Lipinski definition) is 2. The minimum absolute atomic E-state index is 0.0369. The van der Waals surface area contributed by atoms with Gasteiger partial charge in [-0.1, -0.05) is 18.7 Å². The van der Waals surface area contributed by atoms with E-state index in [0.29, 0.717) is 30.8 Å². The summed E-state index contributed by atoms with van der Waals surface area (Å²) in [5.41, 5.74) is 2.39. The third kappa shape index (κ3) is 4.14. The molecule has 1 saturated carbocycles. The summed E-state index contributed by atoms with van der Waals surface area (Å²) in [6, 6.07) is 11.3. The number of pyridine rings is 2. The quantitative estimate of drug-likeness (QED) is 0.538. The van der Waals surface area contributed by atoms with Crippen molar-refractivity contribution in [3.63, 3.8) is 0 Å². The molecular formula is C29H32N4O4. The van der Waals surface area contributed by atoms with Gasteiger partial charge in [-0.15, -0.1) is 0 Å². The summed E-state index contributed by atoms with van der Waals surface area (Å²) < 4.78 is 7.71. The van der Waals surface area contributed by atoms with Gasteiger partial charge >= 0.3 is 0 Å². The average molecular weight is 501 g/mol. The van der Waals surface area contributed by atoms with E-state index in [0.717, 1.165) is 54.7 Å². The number of rotatable bonds is 6. The van der Waals surface area contributed by atoms with Gasteiger partial charge in [-0.3, -0.25) is 19.1 Å². The smallest absolute Gasteiger partial charge is 0.252 e. The molecule has 6 rings (SSSR count). The van der Waals surface area contributed by atoms with Gasteiger partial charge in [-0.2, -0.15) is 0 Å². The van der Waals surface area contributed by atoms with Gasteiger partial charge in [0.2, 0.25) is 5.91 Å². The lowest BCUT2D eigenvalue weighted by atomic mass is 9.73. The van der Waals surface area contributed by atoms with Crippen molar-refractivity contribution in [3.05, 3.63) is 70.7 Å². The maximum absolute atomic E-state index is 12.9. The van der Waals surface area contributed by atoms with Crippen LogP contribution in [0.2, 0.25) is 0 Å². The molecule has 1 amide bonds. The topological polar surface area (TPSA) is 96.7 Å². The molecule has 8 heteroatoms. The molecule has 1 aromatic carbocycles. The summed E-state index contributed by atoms with van der Waals surface area (Å²) in [6.45, 7) is 8.57. The van der Waals surface area contributed by atoms with Crippen LogP contribution in [-0.2, 0) is 10.2 Å². The molecule has 2 fully saturated rings. The van der Waals surface area contributed by atoms with Gasteiger partial charge in [0.15, 0.2) is 0 Å². The van der Waals surface area contributed by atoms with Crippen LogP contribution in [0.15, 0.2) is 54.0 Å². The Morgan fingerprint density at radius 2 is 1.97 bits per heavy atom. The highest BCUT2D eigenvalue weighted by Gasteiger charge is 2.48. The molecule has 2 N–H and O–H groups in total. The molecule has 0 atom stereocenters. The van der Waals surface area contributed by atoms with Crippen molar-refractivity contribution in [3.8, 4) is 5.75 Å². The Hall–Kier alpha value is -3.49. The second-order valence-electron chi connectivity index (χ2n) is 10.9. The van der Waals surface area contributed by atoms with E-state index in [1.807, 2.05) is 24.3 Å². The predicted molar refractivity (Wildman–Crippen MR) is 143 cm³/mol. The minimum Gasteiger partial charge on any atom is -0.491 e. The van der Waals surface area contributed by atoms with E-state index in [4.69, 9.17) is 4.74 Å². The molecule has 1 spiro atoms. The fourth-order valence-electron chi connectivity index (χ4n) is 6.20. The monoisotopic (exact) mass is 500 g/mol. The Morgan fingerprint density at radius 1 is 1.19 bits per heavy atom. The number of aromatic nitrogens is 2. The third-order valence-electron chi connectivity index (χ3n) is 8.32. The summed E-state index contributed by atoms with van der Waals surface area (Å²) in [4.78, 5) is 32.3. The number of likely N-dealkylation sites (tertiary alicyclic amines) is 1. The zero-order valence-corrected chi connectivity index (χ0v) is 21.1. The van der Waals surface area contributed by atoms with Crippen LogP contribution in [-0.4, -0.2) is 57.3 Å². The largest absolute Gasteiger partial charge is 0.491 e. The van der Waals surface area contributed by atoms with Crippen molar-refractivity contribution in [1.82, 2.24) is 14.5 Å². The summed E-state index contributed by atoms with van der Waals surface area (Å²) >= 11 is 0. The zero-order valence-electron chi connectivity index (χ0n) is 21.1. The number of hydrogen-bond acceptors (Lipinski definition) is 6. The van der Waals surface area contributed by atoms with Gasteiger partial charge in [0.05, 0.1) is 17.2 Å². The molecule has 1 aliphatic carbocycles. The van der Waals surface area contributed by atoms with Crippen molar-refractivity contribution in [2.24, 2.45) is 0 Å². The van der Waals surface area contributed by atoms with Gasteiger partial charge in [0.25, 0.3) is 5.56 Å². The van der Waals surface area contributed by atoms with Gasteiger partial charge in [0.1, 0.15) is 18.0 Å². The first-order valence-electron chi connectivity index (χ1n) is 13.0. The van der Waals surface area contributed by atoms with Crippen molar-refractivity contribution in [1.29, 1.82) is 0 Å². The highest BCUT2D eigenvalue weighted by atomic mass is 16.5. The van der Waals surface area contributed by atoms with E-state index < -0.39 is 11.0 Å². The van der Waals surface area contributed by atoms with E-state index in [1.54, 1.807) is 29.8 Å². The number of nitrogens with one attached hydrogen (secondary N) is 1. The molecule has 0 unspecified atom stereocenters. The van der Waals surface area contributed by atoms with Crippen molar-refractivity contribution in [2.75, 3.05) is 31.6 Å². The van der Waals surface area contributed by atoms with Crippen LogP contribution in [0.5, 0.6) is 5.75 Å². The molecule has 2 aliphatic heterocycles. The molecule has 0 radical (unpaired) electrons. The summed E-state index contributed by atoms with van der Waals surface area (Å²) in [5.74, 6) is 0.763. The maximum atomic E-state index is 12.9. The second-order valence-corrected chi connectivity index (χ2v) is 10.9. The van der Waals surface area contributed by atoms with Crippen LogP contribution >= 0.6 is 0 Å². The fraction of sp³-hybridized carbons (Fsp3) is 0.414. The summed E-state index contributed by atoms with van der Waals surface area (Å²) in [5, 5.41) is 14.0. The fourth-order valence-corrected chi connectivity index (χ4v) is 6.20. The van der Waals surface area contributed by atoms with E-state index in [2.05, 4.69) is 27.8 Å². The van der Waals surface area contributed by atoms with Crippen molar-refractivity contribution in [2.45, 2.75) is 49.7 Å². The molecule has 4 heterocycles. The Balaban J connectivity index is 1.08. The lowest BCUT2D eigenvalue weighted by Crippen LogP contribution is -2.47. The number of piperidine rings is 1. The Bertz CT molecular complexity index is 1440. The van der Waals surface area contributed by atoms with Gasteiger partial charge in [-0.05, 0) is 81.1 Å². The molecule has 3 aromatic rings. The van der Waals surface area contributed by atoms with E-state index in [1.165, 1.54) is 0 Å². The Kier molecular flexibility index (Phi) is 5.69. The number of ether oxygens (including phenoxy) is 1. The van der Waals surface area contributed by atoms with Gasteiger partial charge < -0.3 is 15.2 Å². The molecule has 0 bridgehead atoms. The highest BCUT2D eigenvalue weighted by Crippen LogP contribution is 2.45. The molecule has 2 aromatic heterocycles. The number of carbonyl (C=O) groups excluding carboxylic acids is 1. The third-order valence-corrected chi connectivity index (χ3v) is 8.32. The predicted octanol–water partition coefficient (Wildman–Crippen LogP) is 3.49. The second kappa shape index (κ2) is 8.82. The molecular weight excluding hydrogens is 468 g/mol. The number of nitrogens with zero attached hydrogens (tertiary/aromatic N) is 3. The molecule has 192 valence electrons. The van der Waals surface area contributed by atoms with Crippen LogP contribution < -0.4 is 15.6 Å². The first-order chi connectivity index (χ1) is 17.8. The standard InChI is InChI=1S/C29H32N4O4/c1-3-19-4-6-24-23(14-19)29(27(35)31-24)8-10-32(11-9-29)12-13-37-22-15-20-5-7-25(34)33(26(20)30-18-22)21-16-28(2,36)17-21/h3-7,14-15,18,21,36H,1,8-13,16-17H2,2H3,(H,31,35)/t21-,28+. The minimum atomic E-state index is -0.719. The lowest BCUT2D eigenvalue weighted by Gasteiger charge is -2.41. The number of fused-ring (bicyclic) bond motifs is 3. The zero-order chi connectivity index (χ0) is 25.8. The SMILES string of the molecule is C=Cc1ccc2c(c1)C1(CCN(CCOc3cnc4c(ccc(=O)n4[C@H]4C[C@@](C)(O)C4)c3)CC1)C(=O)N2. The average Bonchev–Trinajstić information content (AvgIpc) is 3.14. The van der Waals surface area contributed by atoms with Gasteiger partial charge in [-0.25, -0.2) is 4.98 Å². The first-order valence-corrected chi connectivity index (χ1v) is 13.0. The van der Waals surface area contributed by atoms with Crippen LogP contribution in [0, 0.1) is 0 Å². The number of amides is 1. The summed E-state index contributed by atoms with van der Waals surface area (Å²) in [7, 11) is 0. The number of anilines is 1. The maximum Gasteiger partial charge on any atom is 0.252 e. The number of carbonyl (C=O) groups is 1. The van der Waals surface area contributed by atoms with Crippen molar-refractivity contribution >= 4 is 28.7 Å². The molecule has 8 nitrogen and oxygen atoms in total. The van der Waals surface area contributed by atoms with Crippen LogP contribution in [0.3, 0.4) is 0 Å². The van der Waals surface area contributed by atoms with E-state index >= 15 is 0 Å². The van der Waals surface area contributed by atoms with E-state index in [9.17, 15) is 14.7 Å². The number of benzene rings is 1. The van der Waals surface area contributed by atoms with E-state index in [-0.39, 0.29) is 17.5 Å². The van der Waals surface area contributed by atoms with Gasteiger partial charge in [0, 0.05) is 29.7 Å². The van der Waals surface area contributed by atoms with Crippen LogP contribution in [0.25, 0.3) is 17.1 Å². The normalized spacial score (nSPS) is 24.5. The Morgan fingerprint density at radius 3 is 2.70 bits per heavy atom. The summed E-state index contributed by atoms with van der Waals surface area (Å²) in [6.07, 6.45) is 6.13. The van der Waals surface area contributed by atoms with Crippen LogP contribution in [0.4, 0.5) is 5.69 Å². The molecule has 3 aliphatic rings. The highest BCUT2D eigenvalue weighted by molar-refractivity contribution is 6.06. The molecule has 1 saturated heterocycles. The number of aliphatic hydroxyl groups is 1. The first kappa shape index (κ1) is 23.9. The van der Waals surface area contributed by atoms with Crippen LogP contribution in [0.1, 0.15) is 49.8 Å².